The molecule has 5 heteroatoms. The molecule has 21 heavy (non-hydrogen) atoms. The van der Waals surface area contributed by atoms with Gasteiger partial charge in [-0.3, -0.25) is 0 Å². The van der Waals surface area contributed by atoms with Gasteiger partial charge >= 0.3 is 0 Å². The van der Waals surface area contributed by atoms with Crippen LogP contribution in [0.3, 0.4) is 0 Å². The summed E-state index contributed by atoms with van der Waals surface area (Å²) in [7, 11) is 0. The van der Waals surface area contributed by atoms with Gasteiger partial charge in [0.05, 0.1) is 26.4 Å². The highest BCUT2D eigenvalue weighted by molar-refractivity contribution is 4.62. The van der Waals surface area contributed by atoms with E-state index in [1.54, 1.807) is 0 Å². The number of rotatable bonds is 10. The summed E-state index contributed by atoms with van der Waals surface area (Å²) in [4.78, 5) is 0. The highest BCUT2D eigenvalue weighted by Crippen LogP contribution is 2.15. The largest absolute Gasteiger partial charge is 0.381 e. The third kappa shape index (κ3) is 8.12. The topological polar surface area (TPSA) is 46.2 Å². The third-order valence-corrected chi connectivity index (χ3v) is 4.13. The van der Waals surface area contributed by atoms with Crippen LogP contribution in [0.15, 0.2) is 0 Å². The monoisotopic (exact) mass is 302 g/mol. The normalized spacial score (nSPS) is 21.7. The van der Waals surface area contributed by atoms with Gasteiger partial charge in [0, 0.05) is 39.6 Å². The van der Waals surface area contributed by atoms with E-state index in [1.807, 2.05) is 0 Å². The highest BCUT2D eigenvalue weighted by atomic mass is 16.5. The summed E-state index contributed by atoms with van der Waals surface area (Å²) >= 11 is 0. The van der Waals surface area contributed by atoms with E-state index in [1.165, 1.54) is 0 Å². The van der Waals surface area contributed by atoms with Crippen LogP contribution in [0, 0.1) is 11.8 Å². The molecule has 0 aromatic heterocycles. The molecule has 124 valence electrons. The van der Waals surface area contributed by atoms with Crippen molar-refractivity contribution in [3.63, 3.8) is 0 Å². The Morgan fingerprint density at radius 1 is 0.571 bits per heavy atom. The second-order valence-corrected chi connectivity index (χ2v) is 5.87. The predicted octanol–water partition coefficient (Wildman–Crippen LogP) is 1.89. The molecule has 0 spiro atoms. The van der Waals surface area contributed by atoms with Gasteiger partial charge in [-0.25, -0.2) is 0 Å². The molecule has 2 aliphatic rings. The van der Waals surface area contributed by atoms with Gasteiger partial charge in [0.1, 0.15) is 0 Å². The van der Waals surface area contributed by atoms with Crippen LogP contribution in [0.25, 0.3) is 0 Å². The molecular weight excluding hydrogens is 272 g/mol. The van der Waals surface area contributed by atoms with Crippen molar-refractivity contribution in [2.24, 2.45) is 11.8 Å². The van der Waals surface area contributed by atoms with E-state index >= 15 is 0 Å². The predicted molar refractivity (Wildman–Crippen MR) is 79.5 cm³/mol. The molecule has 0 unspecified atom stereocenters. The standard InChI is InChI=1S/C16H30O5/c1-5-17-6-2-15(1)13-20-11-9-19-10-12-21-14-16-3-7-18-8-4-16/h15-16H,1-14H2. The molecule has 0 aliphatic carbocycles. The molecule has 2 aliphatic heterocycles. The molecule has 2 rings (SSSR count). The minimum Gasteiger partial charge on any atom is -0.381 e. The maximum Gasteiger partial charge on any atom is 0.0701 e. The van der Waals surface area contributed by atoms with Crippen LogP contribution in [0.1, 0.15) is 25.7 Å². The average Bonchev–Trinajstić information content (AvgIpc) is 2.55. The van der Waals surface area contributed by atoms with Gasteiger partial charge in [-0.15, -0.1) is 0 Å². The number of hydrogen-bond donors (Lipinski definition) is 0. The average molecular weight is 302 g/mol. The Balaban J connectivity index is 1.30. The van der Waals surface area contributed by atoms with Gasteiger partial charge in [0.25, 0.3) is 0 Å². The quantitative estimate of drug-likeness (QED) is 0.577. The maximum atomic E-state index is 5.64. The SMILES string of the molecule is C(COCC1CCOCC1)OCCOCC1CCOCC1. The molecule has 5 nitrogen and oxygen atoms in total. The molecule has 0 atom stereocenters. The van der Waals surface area contributed by atoms with Crippen molar-refractivity contribution in [1.29, 1.82) is 0 Å². The van der Waals surface area contributed by atoms with E-state index in [0.717, 1.165) is 65.3 Å². The fourth-order valence-electron chi connectivity index (χ4n) is 2.66. The van der Waals surface area contributed by atoms with E-state index in [-0.39, 0.29) is 0 Å². The minimum absolute atomic E-state index is 0.657. The summed E-state index contributed by atoms with van der Waals surface area (Å²) in [6.07, 6.45) is 4.50. The second-order valence-electron chi connectivity index (χ2n) is 5.87. The second kappa shape index (κ2) is 11.4. The van der Waals surface area contributed by atoms with Gasteiger partial charge in [-0.2, -0.15) is 0 Å². The van der Waals surface area contributed by atoms with E-state index < -0.39 is 0 Å². The number of ether oxygens (including phenoxy) is 5. The van der Waals surface area contributed by atoms with Crippen LogP contribution in [0.2, 0.25) is 0 Å². The van der Waals surface area contributed by atoms with E-state index in [0.29, 0.717) is 38.3 Å². The molecule has 0 aromatic rings. The Morgan fingerprint density at radius 3 is 1.38 bits per heavy atom. The fraction of sp³-hybridized carbons (Fsp3) is 1.00. The first-order valence-corrected chi connectivity index (χ1v) is 8.34. The van der Waals surface area contributed by atoms with E-state index in [9.17, 15) is 0 Å². The molecule has 0 radical (unpaired) electrons. The lowest BCUT2D eigenvalue weighted by molar-refractivity contribution is -0.0210. The van der Waals surface area contributed by atoms with Gasteiger partial charge in [0.15, 0.2) is 0 Å². The molecule has 0 N–H and O–H groups in total. The smallest absolute Gasteiger partial charge is 0.0701 e. The summed E-state index contributed by atoms with van der Waals surface area (Å²) in [5.74, 6) is 1.34. The van der Waals surface area contributed by atoms with Crippen molar-refractivity contribution >= 4 is 0 Å². The maximum absolute atomic E-state index is 5.64. The van der Waals surface area contributed by atoms with Crippen LogP contribution in [0.5, 0.6) is 0 Å². The number of hydrogen-bond acceptors (Lipinski definition) is 5. The fourth-order valence-corrected chi connectivity index (χ4v) is 2.66. The van der Waals surface area contributed by atoms with E-state index in [2.05, 4.69) is 0 Å². The van der Waals surface area contributed by atoms with E-state index in [4.69, 9.17) is 23.7 Å². The lowest BCUT2D eigenvalue weighted by Gasteiger charge is -2.22. The molecular formula is C16H30O5. The first-order valence-electron chi connectivity index (χ1n) is 8.34. The zero-order chi connectivity index (χ0) is 14.6. The summed E-state index contributed by atoms with van der Waals surface area (Å²) in [5, 5.41) is 0. The van der Waals surface area contributed by atoms with Crippen LogP contribution in [-0.4, -0.2) is 66.1 Å². The summed E-state index contributed by atoms with van der Waals surface area (Å²) in [6.45, 7) is 7.89. The van der Waals surface area contributed by atoms with Gasteiger partial charge in [-0.05, 0) is 37.5 Å². The zero-order valence-electron chi connectivity index (χ0n) is 13.1. The van der Waals surface area contributed by atoms with Crippen molar-refractivity contribution in [1.82, 2.24) is 0 Å². The van der Waals surface area contributed by atoms with Gasteiger partial charge in [-0.1, -0.05) is 0 Å². The van der Waals surface area contributed by atoms with Crippen LogP contribution in [-0.2, 0) is 23.7 Å². The summed E-state index contributed by atoms with van der Waals surface area (Å²) < 4.78 is 27.4. The molecule has 2 fully saturated rings. The highest BCUT2D eigenvalue weighted by Gasteiger charge is 2.14. The molecule has 2 heterocycles. The van der Waals surface area contributed by atoms with Crippen LogP contribution < -0.4 is 0 Å². The molecule has 0 amide bonds. The summed E-state index contributed by atoms with van der Waals surface area (Å²) in [6, 6.07) is 0. The minimum atomic E-state index is 0.657. The Hall–Kier alpha value is -0.200. The Kier molecular flexibility index (Phi) is 9.30. The lowest BCUT2D eigenvalue weighted by atomic mass is 10.0. The Morgan fingerprint density at radius 2 is 0.952 bits per heavy atom. The Bertz CT molecular complexity index is 213. The van der Waals surface area contributed by atoms with Crippen LogP contribution >= 0.6 is 0 Å². The first kappa shape index (κ1) is 17.2. The van der Waals surface area contributed by atoms with Crippen molar-refractivity contribution in [2.75, 3.05) is 66.1 Å². The molecule has 2 saturated heterocycles. The first-order chi connectivity index (χ1) is 10.4. The van der Waals surface area contributed by atoms with Gasteiger partial charge < -0.3 is 23.7 Å². The summed E-state index contributed by atoms with van der Waals surface area (Å²) in [5.41, 5.74) is 0. The molecule has 0 aromatic carbocycles. The van der Waals surface area contributed by atoms with Gasteiger partial charge in [0.2, 0.25) is 0 Å². The van der Waals surface area contributed by atoms with Crippen molar-refractivity contribution < 1.29 is 23.7 Å². The Labute approximate surface area is 128 Å². The van der Waals surface area contributed by atoms with Crippen molar-refractivity contribution in [3.05, 3.63) is 0 Å². The molecule has 0 bridgehead atoms. The third-order valence-electron chi connectivity index (χ3n) is 4.13. The lowest BCUT2D eigenvalue weighted by Crippen LogP contribution is -2.22. The molecule has 0 saturated carbocycles. The zero-order valence-corrected chi connectivity index (χ0v) is 13.1. The van der Waals surface area contributed by atoms with Crippen molar-refractivity contribution in [3.8, 4) is 0 Å². The van der Waals surface area contributed by atoms with Crippen molar-refractivity contribution in [2.45, 2.75) is 25.7 Å². The van der Waals surface area contributed by atoms with Crippen LogP contribution in [0.4, 0.5) is 0 Å².